The molecule has 3 heterocycles. The van der Waals surface area contributed by atoms with E-state index in [-0.39, 0.29) is 23.5 Å². The number of nitrogens with zero attached hydrogens (tertiary/aromatic N) is 4. The van der Waals surface area contributed by atoms with Gasteiger partial charge in [-0.25, -0.2) is 9.97 Å². The number of hydrogen-bond donors (Lipinski definition) is 1. The minimum atomic E-state index is -4.37. The van der Waals surface area contributed by atoms with Gasteiger partial charge in [0.2, 0.25) is 0 Å². The number of aromatic nitrogens is 4. The minimum Gasteiger partial charge on any atom is -0.332 e. The molecule has 0 amide bonds. The van der Waals surface area contributed by atoms with Gasteiger partial charge >= 0.3 is 6.18 Å². The van der Waals surface area contributed by atoms with E-state index in [1.165, 1.54) is 23.5 Å². The van der Waals surface area contributed by atoms with Crippen molar-refractivity contribution >= 4 is 39.0 Å². The van der Waals surface area contributed by atoms with Gasteiger partial charge < -0.3 is 9.88 Å². The van der Waals surface area contributed by atoms with Gasteiger partial charge in [0.15, 0.2) is 10.9 Å². The third-order valence-corrected chi connectivity index (χ3v) is 6.55. The van der Waals surface area contributed by atoms with Crippen LogP contribution in [0.4, 0.5) is 24.0 Å². The number of imidazole rings is 1. The highest BCUT2D eigenvalue weighted by molar-refractivity contribution is 7.15. The van der Waals surface area contributed by atoms with Gasteiger partial charge in [-0.05, 0) is 41.7 Å². The highest BCUT2D eigenvalue weighted by atomic mass is 32.1. The van der Waals surface area contributed by atoms with Crippen molar-refractivity contribution in [1.82, 2.24) is 19.5 Å². The lowest BCUT2D eigenvalue weighted by atomic mass is 9.97. The molecular weight excluding hydrogens is 475 g/mol. The summed E-state index contributed by atoms with van der Waals surface area (Å²) >= 11 is 1.36. The third kappa shape index (κ3) is 6.05. The largest absolute Gasteiger partial charge is 0.416 e. The molecule has 1 N–H and O–H groups in total. The number of carbonyl (C=O) groups is 1. The molecule has 6 nitrogen and oxygen atoms in total. The molecule has 0 fully saturated rings. The molecule has 10 heteroatoms. The van der Waals surface area contributed by atoms with Gasteiger partial charge in [0.1, 0.15) is 11.2 Å². The van der Waals surface area contributed by atoms with Crippen LogP contribution in [-0.4, -0.2) is 25.3 Å². The summed E-state index contributed by atoms with van der Waals surface area (Å²) in [5.41, 5.74) is 1.89. The number of hydrogen-bond acceptors (Lipinski definition) is 6. The quantitative estimate of drug-likeness (QED) is 0.274. The summed E-state index contributed by atoms with van der Waals surface area (Å²) in [4.78, 5) is 26.9. The van der Waals surface area contributed by atoms with Crippen LogP contribution in [0, 0.1) is 5.41 Å². The van der Waals surface area contributed by atoms with E-state index in [1.807, 2.05) is 11.5 Å². The molecule has 0 aliphatic rings. The predicted octanol–water partition coefficient (Wildman–Crippen LogP) is 7.07. The second-order valence-electron chi connectivity index (χ2n) is 9.79. The Morgan fingerprint density at radius 3 is 2.46 bits per heavy atom. The van der Waals surface area contributed by atoms with Crippen LogP contribution < -0.4 is 5.32 Å². The highest BCUT2D eigenvalue weighted by Crippen LogP contribution is 2.33. The fourth-order valence-corrected chi connectivity index (χ4v) is 4.56. The predicted molar refractivity (Wildman–Crippen MR) is 131 cm³/mol. The van der Waals surface area contributed by atoms with Crippen molar-refractivity contribution in [2.45, 2.75) is 52.8 Å². The number of thiazole rings is 1. The Morgan fingerprint density at radius 2 is 1.80 bits per heavy atom. The van der Waals surface area contributed by atoms with Crippen molar-refractivity contribution in [3.63, 3.8) is 0 Å². The summed E-state index contributed by atoms with van der Waals surface area (Å²) in [6.45, 7) is 9.14. The number of anilines is 2. The van der Waals surface area contributed by atoms with E-state index in [2.05, 4.69) is 41.0 Å². The second kappa shape index (κ2) is 9.41. The zero-order chi connectivity index (χ0) is 25.4. The molecule has 0 saturated carbocycles. The molecule has 4 rings (SSSR count). The summed E-state index contributed by atoms with van der Waals surface area (Å²) in [7, 11) is 0. The van der Waals surface area contributed by atoms with Crippen LogP contribution in [0.3, 0.4) is 0 Å². The topological polar surface area (TPSA) is 72.7 Å². The normalized spacial score (nSPS) is 13.2. The zero-order valence-corrected chi connectivity index (χ0v) is 20.7. The number of pyridine rings is 1. The summed E-state index contributed by atoms with van der Waals surface area (Å²) in [5, 5.41) is 3.56. The monoisotopic (exact) mass is 501 g/mol. The van der Waals surface area contributed by atoms with E-state index in [1.54, 1.807) is 24.8 Å². The Morgan fingerprint density at radius 1 is 1.09 bits per heavy atom. The van der Waals surface area contributed by atoms with E-state index in [0.717, 1.165) is 34.6 Å². The smallest absolute Gasteiger partial charge is 0.332 e. The van der Waals surface area contributed by atoms with E-state index in [9.17, 15) is 18.0 Å². The van der Waals surface area contributed by atoms with E-state index in [0.29, 0.717) is 16.5 Å². The minimum absolute atomic E-state index is 0.0634. The second-order valence-corrected chi connectivity index (χ2v) is 10.8. The molecule has 1 aromatic carbocycles. The maximum absolute atomic E-state index is 13.0. The van der Waals surface area contributed by atoms with Crippen LogP contribution in [0.25, 0.3) is 11.0 Å². The van der Waals surface area contributed by atoms with Gasteiger partial charge in [-0.2, -0.15) is 13.2 Å². The molecule has 1 atom stereocenters. The molecule has 0 spiro atoms. The first-order valence-electron chi connectivity index (χ1n) is 11.1. The maximum Gasteiger partial charge on any atom is 0.416 e. The number of ketones is 1. The van der Waals surface area contributed by atoms with Crippen molar-refractivity contribution in [1.29, 1.82) is 0 Å². The molecular formula is C25H26F3N5OS. The number of fused-ring (bicyclic) bond motifs is 1. The average Bonchev–Trinajstić information content (AvgIpc) is 3.39. The zero-order valence-electron chi connectivity index (χ0n) is 19.8. The SMILES string of the molecule is CC(CC(=O)c1cc2c(cn1)ncn2CC(C)(C)C)c1cnc(Nc2ccc(C(F)(F)F)cc2)s1. The number of rotatable bonds is 7. The Bertz CT molecular complexity index is 1340. The Hall–Kier alpha value is -3.27. The lowest BCUT2D eigenvalue weighted by Gasteiger charge is -2.19. The summed E-state index contributed by atoms with van der Waals surface area (Å²) in [6, 6.07) is 6.57. The van der Waals surface area contributed by atoms with Gasteiger partial charge in [-0.3, -0.25) is 9.78 Å². The molecule has 35 heavy (non-hydrogen) atoms. The maximum atomic E-state index is 13.0. The van der Waals surface area contributed by atoms with E-state index in [4.69, 9.17) is 0 Å². The molecule has 0 aliphatic carbocycles. The third-order valence-electron chi connectivity index (χ3n) is 5.40. The molecule has 0 saturated heterocycles. The number of halogens is 3. The fourth-order valence-electron chi connectivity index (χ4n) is 3.67. The first-order valence-corrected chi connectivity index (χ1v) is 11.9. The Balaban J connectivity index is 1.43. The molecule has 4 aromatic rings. The van der Waals surface area contributed by atoms with Crippen LogP contribution in [-0.2, 0) is 12.7 Å². The van der Waals surface area contributed by atoms with E-state index >= 15 is 0 Å². The van der Waals surface area contributed by atoms with Crippen molar-refractivity contribution in [2.24, 2.45) is 5.41 Å². The molecule has 1 unspecified atom stereocenters. The van der Waals surface area contributed by atoms with Gasteiger partial charge in [-0.15, -0.1) is 11.3 Å². The van der Waals surface area contributed by atoms with Crippen molar-refractivity contribution in [3.05, 3.63) is 65.2 Å². The molecule has 184 valence electrons. The van der Waals surface area contributed by atoms with Crippen molar-refractivity contribution < 1.29 is 18.0 Å². The Kier molecular flexibility index (Phi) is 6.68. The van der Waals surface area contributed by atoms with Crippen LogP contribution in [0.1, 0.15) is 61.0 Å². The number of benzene rings is 1. The van der Waals surface area contributed by atoms with Crippen LogP contribution in [0.2, 0.25) is 0 Å². The fraction of sp³-hybridized carbons (Fsp3) is 0.360. The number of carbonyl (C=O) groups excluding carboxylic acids is 1. The molecule has 3 aromatic heterocycles. The number of alkyl halides is 3. The number of nitrogens with one attached hydrogen (secondary N) is 1. The molecule has 0 aliphatic heterocycles. The summed E-state index contributed by atoms with van der Waals surface area (Å²) in [6.07, 6.45) is 0.973. The van der Waals surface area contributed by atoms with E-state index < -0.39 is 11.7 Å². The number of Topliss-reactive ketones (excluding diaryl/α,β-unsaturated/α-hetero) is 1. The lowest BCUT2D eigenvalue weighted by molar-refractivity contribution is -0.137. The van der Waals surface area contributed by atoms with Crippen LogP contribution >= 0.6 is 11.3 Å². The lowest BCUT2D eigenvalue weighted by Crippen LogP contribution is -2.15. The first kappa shape index (κ1) is 24.8. The van der Waals surface area contributed by atoms with Gasteiger partial charge in [0.05, 0.1) is 23.6 Å². The average molecular weight is 502 g/mol. The Labute approximate surface area is 205 Å². The molecule has 0 radical (unpaired) electrons. The van der Waals surface area contributed by atoms with Gasteiger partial charge in [-0.1, -0.05) is 27.7 Å². The van der Waals surface area contributed by atoms with Gasteiger partial charge in [0.25, 0.3) is 0 Å². The van der Waals surface area contributed by atoms with Crippen molar-refractivity contribution in [3.8, 4) is 0 Å². The van der Waals surface area contributed by atoms with Gasteiger partial charge in [0, 0.05) is 29.7 Å². The molecule has 0 bridgehead atoms. The van der Waals surface area contributed by atoms with Crippen LogP contribution in [0.15, 0.2) is 49.1 Å². The van der Waals surface area contributed by atoms with Crippen LogP contribution in [0.5, 0.6) is 0 Å². The first-order chi connectivity index (χ1) is 16.4. The summed E-state index contributed by atoms with van der Waals surface area (Å²) < 4.78 is 40.3. The summed E-state index contributed by atoms with van der Waals surface area (Å²) in [5.74, 6) is -0.173. The standard InChI is InChI=1S/C25H26F3N5OS/c1-15(22-12-30-23(35-22)32-17-7-5-16(6-8-17)25(26,27)28)9-21(34)18-10-20-19(11-29-18)31-14-33(20)13-24(2,3)4/h5-8,10-12,14-15H,9,13H2,1-4H3,(H,30,32). The highest BCUT2D eigenvalue weighted by Gasteiger charge is 2.30. The van der Waals surface area contributed by atoms with Crippen molar-refractivity contribution in [2.75, 3.05) is 5.32 Å².